The molecule has 0 bridgehead atoms. The highest BCUT2D eigenvalue weighted by Crippen LogP contribution is 2.33. The van der Waals surface area contributed by atoms with Crippen molar-refractivity contribution in [2.45, 2.75) is 18.6 Å². The zero-order valence-corrected chi connectivity index (χ0v) is 13.1. The largest absolute Gasteiger partial charge is 0.416 e. The van der Waals surface area contributed by atoms with Crippen molar-refractivity contribution in [3.63, 3.8) is 0 Å². The topological polar surface area (TPSA) is 18.8 Å². The van der Waals surface area contributed by atoms with Crippen molar-refractivity contribution >= 4 is 11.9 Å². The Morgan fingerprint density at radius 2 is 2.05 bits per heavy atom. The maximum atomic E-state index is 12.9. The van der Waals surface area contributed by atoms with Gasteiger partial charge in [0.25, 0.3) is 0 Å². The van der Waals surface area contributed by atoms with E-state index >= 15 is 0 Å². The second kappa shape index (κ2) is 6.69. The van der Waals surface area contributed by atoms with Crippen LogP contribution >= 0.6 is 0 Å². The first-order valence-corrected chi connectivity index (χ1v) is 7.34. The van der Waals surface area contributed by atoms with Gasteiger partial charge in [-0.3, -0.25) is 0 Å². The second-order valence-electron chi connectivity index (χ2n) is 5.88. The van der Waals surface area contributed by atoms with E-state index in [1.54, 1.807) is 13.1 Å². The third-order valence-corrected chi connectivity index (χ3v) is 4.18. The number of piperidine rings is 1. The average molecular weight is 313 g/mol. The van der Waals surface area contributed by atoms with Crippen molar-refractivity contribution in [2.24, 2.45) is 10.9 Å². The fourth-order valence-electron chi connectivity index (χ4n) is 2.97. The van der Waals surface area contributed by atoms with Crippen molar-refractivity contribution in [1.82, 2.24) is 4.90 Å². The molecule has 0 radical (unpaired) electrons. The summed E-state index contributed by atoms with van der Waals surface area (Å²) in [5, 5.41) is 0. The first-order chi connectivity index (χ1) is 10.3. The van der Waals surface area contributed by atoms with E-state index in [2.05, 4.69) is 9.89 Å². The summed E-state index contributed by atoms with van der Waals surface area (Å²) < 4.78 is 38.6. The number of hydrogen-bond donors (Lipinski definition) is 0. The SMILES string of the molecule is CN=CC1CCN(c2cccc(C(F)(F)F)c2)C[C@@H]1N(C)C. The molecule has 6 heteroatoms. The second-order valence-corrected chi connectivity index (χ2v) is 5.88. The first-order valence-electron chi connectivity index (χ1n) is 7.34. The molecule has 0 N–H and O–H groups in total. The molecule has 1 aromatic rings. The summed E-state index contributed by atoms with van der Waals surface area (Å²) in [7, 11) is 5.75. The summed E-state index contributed by atoms with van der Waals surface area (Å²) in [4.78, 5) is 8.26. The fourth-order valence-corrected chi connectivity index (χ4v) is 2.97. The van der Waals surface area contributed by atoms with E-state index in [1.807, 2.05) is 25.2 Å². The van der Waals surface area contributed by atoms with E-state index in [0.717, 1.165) is 19.0 Å². The van der Waals surface area contributed by atoms with Gasteiger partial charge in [-0.15, -0.1) is 0 Å². The molecule has 1 unspecified atom stereocenters. The number of aliphatic imine (C=N–C) groups is 1. The van der Waals surface area contributed by atoms with Crippen LogP contribution < -0.4 is 4.90 Å². The van der Waals surface area contributed by atoms with E-state index in [-0.39, 0.29) is 6.04 Å². The predicted octanol–water partition coefficient (Wildman–Crippen LogP) is 3.16. The molecular weight excluding hydrogens is 291 g/mol. The molecule has 1 aliphatic rings. The Bertz CT molecular complexity index is 526. The zero-order chi connectivity index (χ0) is 16.3. The van der Waals surface area contributed by atoms with E-state index in [1.165, 1.54) is 12.1 Å². The number of alkyl halides is 3. The van der Waals surface area contributed by atoms with Gasteiger partial charge in [0.1, 0.15) is 0 Å². The number of halogens is 3. The molecule has 0 saturated carbocycles. The third kappa shape index (κ3) is 3.80. The van der Waals surface area contributed by atoms with E-state index < -0.39 is 11.7 Å². The third-order valence-electron chi connectivity index (χ3n) is 4.18. The molecular formula is C16H22F3N3. The van der Waals surface area contributed by atoms with Gasteiger partial charge in [-0.2, -0.15) is 13.2 Å². The standard InChI is InChI=1S/C16H22F3N3/c1-20-10-12-7-8-22(11-15(12)21(2)3)14-6-4-5-13(9-14)16(17,18)19/h4-6,9-10,12,15H,7-8,11H2,1-3H3/t12?,15-/m0/s1. The summed E-state index contributed by atoms with van der Waals surface area (Å²) in [5.41, 5.74) is 0.0391. The highest BCUT2D eigenvalue weighted by atomic mass is 19.4. The van der Waals surface area contributed by atoms with Crippen LogP contribution in [-0.4, -0.2) is 51.4 Å². The Kier molecular flexibility index (Phi) is 5.11. The van der Waals surface area contributed by atoms with E-state index in [4.69, 9.17) is 0 Å². The van der Waals surface area contributed by atoms with Gasteiger partial charge in [-0.1, -0.05) is 6.07 Å². The Morgan fingerprint density at radius 1 is 1.32 bits per heavy atom. The van der Waals surface area contributed by atoms with Gasteiger partial charge in [0.15, 0.2) is 0 Å². The van der Waals surface area contributed by atoms with Gasteiger partial charge in [-0.25, -0.2) is 0 Å². The molecule has 0 aliphatic carbocycles. The molecule has 0 amide bonds. The van der Waals surface area contributed by atoms with Crippen molar-refractivity contribution in [3.8, 4) is 0 Å². The summed E-state index contributed by atoms with van der Waals surface area (Å²) in [5.74, 6) is 0.335. The maximum Gasteiger partial charge on any atom is 0.416 e. The van der Waals surface area contributed by atoms with Crippen LogP contribution in [0.1, 0.15) is 12.0 Å². The van der Waals surface area contributed by atoms with Gasteiger partial charge in [-0.05, 0) is 38.7 Å². The van der Waals surface area contributed by atoms with Crippen LogP contribution in [0, 0.1) is 5.92 Å². The summed E-state index contributed by atoms with van der Waals surface area (Å²) >= 11 is 0. The van der Waals surface area contributed by atoms with Crippen LogP contribution in [0.25, 0.3) is 0 Å². The lowest BCUT2D eigenvalue weighted by atomic mass is 9.91. The number of rotatable bonds is 3. The van der Waals surface area contributed by atoms with Gasteiger partial charge < -0.3 is 14.8 Å². The molecule has 0 spiro atoms. The molecule has 0 aromatic heterocycles. The maximum absolute atomic E-state index is 12.9. The van der Waals surface area contributed by atoms with Gasteiger partial charge in [0, 0.05) is 44.0 Å². The number of benzene rings is 1. The normalized spacial score (nSPS) is 23.5. The van der Waals surface area contributed by atoms with Crippen molar-refractivity contribution in [1.29, 1.82) is 0 Å². The molecule has 1 saturated heterocycles. The Hall–Kier alpha value is -1.56. The zero-order valence-electron chi connectivity index (χ0n) is 13.1. The molecule has 122 valence electrons. The van der Waals surface area contributed by atoms with E-state index in [9.17, 15) is 13.2 Å². The minimum atomic E-state index is -4.30. The minimum Gasteiger partial charge on any atom is -0.370 e. The van der Waals surface area contributed by atoms with Crippen molar-refractivity contribution in [3.05, 3.63) is 29.8 Å². The van der Waals surface area contributed by atoms with Gasteiger partial charge in [0.05, 0.1) is 5.56 Å². The number of anilines is 1. The quantitative estimate of drug-likeness (QED) is 0.798. The molecule has 22 heavy (non-hydrogen) atoms. The lowest BCUT2D eigenvalue weighted by Crippen LogP contribution is -2.51. The molecule has 1 aromatic carbocycles. The van der Waals surface area contributed by atoms with Crippen LogP contribution in [0.5, 0.6) is 0 Å². The van der Waals surface area contributed by atoms with E-state index in [0.29, 0.717) is 18.2 Å². The molecule has 1 aliphatic heterocycles. The van der Waals surface area contributed by atoms with Crippen LogP contribution in [-0.2, 0) is 6.18 Å². The highest BCUT2D eigenvalue weighted by Gasteiger charge is 2.33. The highest BCUT2D eigenvalue weighted by molar-refractivity contribution is 5.63. The Labute approximate surface area is 129 Å². The number of nitrogens with zero attached hydrogens (tertiary/aromatic N) is 3. The average Bonchev–Trinajstić information content (AvgIpc) is 2.47. The van der Waals surface area contributed by atoms with Gasteiger partial charge in [0.2, 0.25) is 0 Å². The monoisotopic (exact) mass is 313 g/mol. The molecule has 2 rings (SSSR count). The number of likely N-dealkylation sites (N-methyl/N-ethyl adjacent to an activating group) is 1. The molecule has 1 heterocycles. The van der Waals surface area contributed by atoms with Crippen molar-refractivity contribution < 1.29 is 13.2 Å². The fraction of sp³-hybridized carbons (Fsp3) is 0.562. The summed E-state index contributed by atoms with van der Waals surface area (Å²) in [6.45, 7) is 1.44. The molecule has 1 fully saturated rings. The smallest absolute Gasteiger partial charge is 0.370 e. The van der Waals surface area contributed by atoms with Crippen LogP contribution in [0.2, 0.25) is 0 Å². The Morgan fingerprint density at radius 3 is 2.64 bits per heavy atom. The predicted molar refractivity (Wildman–Crippen MR) is 83.7 cm³/mol. The van der Waals surface area contributed by atoms with Crippen molar-refractivity contribution in [2.75, 3.05) is 39.1 Å². The summed E-state index contributed by atoms with van der Waals surface area (Å²) in [6.07, 6.45) is -1.46. The number of hydrogen-bond acceptors (Lipinski definition) is 3. The molecule has 3 nitrogen and oxygen atoms in total. The van der Waals surface area contributed by atoms with Crippen LogP contribution in [0.15, 0.2) is 29.3 Å². The Balaban J connectivity index is 2.20. The van der Waals surface area contributed by atoms with Crippen LogP contribution in [0.3, 0.4) is 0 Å². The van der Waals surface area contributed by atoms with Gasteiger partial charge >= 0.3 is 6.18 Å². The summed E-state index contributed by atoms with van der Waals surface area (Å²) in [6, 6.07) is 5.81. The molecule has 2 atom stereocenters. The lowest BCUT2D eigenvalue weighted by molar-refractivity contribution is -0.137. The first kappa shape index (κ1) is 16.8. The minimum absolute atomic E-state index is 0.243. The lowest BCUT2D eigenvalue weighted by Gasteiger charge is -2.41. The van der Waals surface area contributed by atoms with Crippen LogP contribution in [0.4, 0.5) is 18.9 Å².